The molecule has 2 rings (SSSR count). The van der Waals surface area contributed by atoms with Crippen molar-refractivity contribution in [2.75, 3.05) is 0 Å². The lowest BCUT2D eigenvalue weighted by atomic mass is 10.3. The van der Waals surface area contributed by atoms with Crippen molar-refractivity contribution in [2.45, 2.75) is 0 Å². The summed E-state index contributed by atoms with van der Waals surface area (Å²) in [5, 5.41) is 6.69. The quantitative estimate of drug-likeness (QED) is 0.654. The van der Waals surface area contributed by atoms with Crippen molar-refractivity contribution in [3.63, 3.8) is 0 Å². The van der Waals surface area contributed by atoms with E-state index in [0.29, 0.717) is 0 Å². The Labute approximate surface area is 64.1 Å². The Bertz CT molecular complexity index is 312. The molecule has 1 radical (unpaired) electrons. The van der Waals surface area contributed by atoms with E-state index in [9.17, 15) is 0 Å². The summed E-state index contributed by atoms with van der Waals surface area (Å²) in [6.45, 7) is 0. The number of nitrogens with zero attached hydrogens (tertiary/aromatic N) is 2. The number of nitrogens with one attached hydrogen (secondary N) is 1. The normalized spacial score (nSPS) is 9.82. The molecule has 0 bridgehead atoms. The number of H-pyrrole nitrogens is 1. The zero-order valence-corrected chi connectivity index (χ0v) is 5.78. The molecular weight excluding hydrogens is 138 g/mol. The molecular formula is C8H6N3. The highest BCUT2D eigenvalue weighted by Crippen LogP contribution is 2.09. The summed E-state index contributed by atoms with van der Waals surface area (Å²) in [5.74, 6) is 0. The Morgan fingerprint density at radius 2 is 2.45 bits per heavy atom. The first-order valence-corrected chi connectivity index (χ1v) is 3.30. The summed E-state index contributed by atoms with van der Waals surface area (Å²) in [7, 11) is 0. The summed E-state index contributed by atoms with van der Waals surface area (Å²) in [6, 6.07) is 8.48. The summed E-state index contributed by atoms with van der Waals surface area (Å²) in [4.78, 5) is 4.08. The maximum Gasteiger partial charge on any atom is 0.111 e. The van der Waals surface area contributed by atoms with Crippen molar-refractivity contribution in [3.8, 4) is 11.4 Å². The van der Waals surface area contributed by atoms with Crippen molar-refractivity contribution < 1.29 is 0 Å². The van der Waals surface area contributed by atoms with Crippen LogP contribution in [0, 0.1) is 6.07 Å². The molecule has 0 unspecified atom stereocenters. The molecule has 0 aliphatic rings. The van der Waals surface area contributed by atoms with Crippen molar-refractivity contribution in [2.24, 2.45) is 0 Å². The van der Waals surface area contributed by atoms with E-state index in [0.717, 1.165) is 11.4 Å². The number of aromatic nitrogens is 3. The number of rotatable bonds is 1. The fourth-order valence-electron chi connectivity index (χ4n) is 0.857. The first-order chi connectivity index (χ1) is 5.47. The number of pyridine rings is 1. The third-order valence-electron chi connectivity index (χ3n) is 1.35. The zero-order chi connectivity index (χ0) is 7.52. The predicted molar refractivity (Wildman–Crippen MR) is 40.7 cm³/mol. The molecule has 0 fully saturated rings. The van der Waals surface area contributed by atoms with Gasteiger partial charge in [0.15, 0.2) is 0 Å². The lowest BCUT2D eigenvalue weighted by Gasteiger charge is -1.90. The Hall–Kier alpha value is -1.64. The second kappa shape index (κ2) is 2.54. The second-order valence-corrected chi connectivity index (χ2v) is 2.09. The van der Waals surface area contributed by atoms with Crippen LogP contribution in [-0.4, -0.2) is 15.2 Å². The maximum atomic E-state index is 4.08. The number of hydrogen-bond donors (Lipinski definition) is 1. The molecule has 1 N–H and O–H groups in total. The third-order valence-corrected chi connectivity index (χ3v) is 1.35. The average molecular weight is 144 g/mol. The Morgan fingerprint density at radius 3 is 3.09 bits per heavy atom. The van der Waals surface area contributed by atoms with E-state index in [-0.39, 0.29) is 0 Å². The van der Waals surface area contributed by atoms with Gasteiger partial charge in [-0.2, -0.15) is 5.10 Å². The molecule has 11 heavy (non-hydrogen) atoms. The second-order valence-electron chi connectivity index (χ2n) is 2.09. The Kier molecular flexibility index (Phi) is 1.41. The highest BCUT2D eigenvalue weighted by Gasteiger charge is 1.97. The lowest BCUT2D eigenvalue weighted by Crippen LogP contribution is -1.81. The van der Waals surface area contributed by atoms with Gasteiger partial charge >= 0.3 is 0 Å². The molecule has 53 valence electrons. The van der Waals surface area contributed by atoms with Gasteiger partial charge in [0, 0.05) is 18.5 Å². The van der Waals surface area contributed by atoms with Crippen molar-refractivity contribution in [1.29, 1.82) is 0 Å². The summed E-state index contributed by atoms with van der Waals surface area (Å²) in [6.07, 6.45) is 3.48. The smallest absolute Gasteiger partial charge is 0.111 e. The van der Waals surface area contributed by atoms with Gasteiger partial charge in [-0.15, -0.1) is 0 Å². The van der Waals surface area contributed by atoms with Gasteiger partial charge in [-0.1, -0.05) is 6.07 Å². The monoisotopic (exact) mass is 144 g/mol. The van der Waals surface area contributed by atoms with Gasteiger partial charge in [0.2, 0.25) is 0 Å². The molecule has 3 heteroatoms. The molecule has 3 nitrogen and oxygen atoms in total. The van der Waals surface area contributed by atoms with Crippen LogP contribution in [0.2, 0.25) is 0 Å². The summed E-state index contributed by atoms with van der Waals surface area (Å²) >= 11 is 0. The minimum Gasteiger partial charge on any atom is -0.285 e. The predicted octanol–water partition coefficient (Wildman–Crippen LogP) is 1.27. The SMILES string of the molecule is [c]1cccnc1-c1cc[nH]n1. The van der Waals surface area contributed by atoms with Gasteiger partial charge in [-0.3, -0.25) is 10.1 Å². The van der Waals surface area contributed by atoms with Crippen LogP contribution in [0.4, 0.5) is 0 Å². The topological polar surface area (TPSA) is 41.6 Å². The molecule has 0 saturated heterocycles. The van der Waals surface area contributed by atoms with E-state index in [4.69, 9.17) is 0 Å². The van der Waals surface area contributed by atoms with Gasteiger partial charge in [-0.25, -0.2) is 0 Å². The largest absolute Gasteiger partial charge is 0.285 e. The Balaban J connectivity index is 2.46. The molecule has 0 spiro atoms. The Morgan fingerprint density at radius 1 is 1.45 bits per heavy atom. The lowest BCUT2D eigenvalue weighted by molar-refractivity contribution is 1.09. The van der Waals surface area contributed by atoms with E-state index in [1.165, 1.54) is 0 Å². The van der Waals surface area contributed by atoms with Gasteiger partial charge in [-0.05, 0) is 12.1 Å². The standard InChI is InChI=1S/C8H6N3/c1-2-5-9-7(3-1)8-4-6-10-11-8/h1-2,4-6H,(H,10,11). The minimum absolute atomic E-state index is 0.772. The van der Waals surface area contributed by atoms with Crippen LogP contribution in [0.25, 0.3) is 11.4 Å². The van der Waals surface area contributed by atoms with Crippen LogP contribution in [0.5, 0.6) is 0 Å². The van der Waals surface area contributed by atoms with Gasteiger partial charge < -0.3 is 0 Å². The van der Waals surface area contributed by atoms with Crippen molar-refractivity contribution >= 4 is 0 Å². The molecule has 0 aliphatic carbocycles. The molecule has 0 aromatic carbocycles. The van der Waals surface area contributed by atoms with Gasteiger partial charge in [0.05, 0.1) is 5.69 Å². The van der Waals surface area contributed by atoms with E-state index < -0.39 is 0 Å². The van der Waals surface area contributed by atoms with Crippen LogP contribution in [0.3, 0.4) is 0 Å². The van der Waals surface area contributed by atoms with Crippen molar-refractivity contribution in [3.05, 3.63) is 36.7 Å². The van der Waals surface area contributed by atoms with E-state index in [1.54, 1.807) is 12.4 Å². The summed E-state index contributed by atoms with van der Waals surface area (Å²) in [5.41, 5.74) is 1.60. The zero-order valence-electron chi connectivity index (χ0n) is 5.78. The number of hydrogen-bond acceptors (Lipinski definition) is 2. The third kappa shape index (κ3) is 1.12. The van der Waals surface area contributed by atoms with Crippen LogP contribution >= 0.6 is 0 Å². The number of aromatic amines is 1. The molecule has 0 aliphatic heterocycles. The molecule has 0 atom stereocenters. The average Bonchev–Trinajstić information content (AvgIpc) is 2.58. The van der Waals surface area contributed by atoms with E-state index >= 15 is 0 Å². The fraction of sp³-hybridized carbons (Fsp3) is 0. The molecule has 2 aromatic heterocycles. The van der Waals surface area contributed by atoms with E-state index in [1.807, 2.05) is 18.2 Å². The van der Waals surface area contributed by atoms with E-state index in [2.05, 4.69) is 21.2 Å². The minimum atomic E-state index is 0.772. The molecule has 2 heterocycles. The molecule has 0 amide bonds. The van der Waals surface area contributed by atoms with Crippen molar-refractivity contribution in [1.82, 2.24) is 15.2 Å². The highest BCUT2D eigenvalue weighted by molar-refractivity contribution is 5.51. The van der Waals surface area contributed by atoms with Crippen LogP contribution in [-0.2, 0) is 0 Å². The first-order valence-electron chi connectivity index (χ1n) is 3.30. The van der Waals surface area contributed by atoms with Crippen LogP contribution in [0.1, 0.15) is 0 Å². The van der Waals surface area contributed by atoms with Gasteiger partial charge in [0.1, 0.15) is 5.69 Å². The molecule has 0 saturated carbocycles. The van der Waals surface area contributed by atoms with Crippen LogP contribution in [0.15, 0.2) is 30.6 Å². The maximum absolute atomic E-state index is 4.08. The van der Waals surface area contributed by atoms with Crippen LogP contribution < -0.4 is 0 Å². The fourth-order valence-corrected chi connectivity index (χ4v) is 0.857. The first kappa shape index (κ1) is 6.09. The van der Waals surface area contributed by atoms with Gasteiger partial charge in [0.25, 0.3) is 0 Å². The summed E-state index contributed by atoms with van der Waals surface area (Å²) < 4.78 is 0. The highest BCUT2D eigenvalue weighted by atomic mass is 15.1. The molecule has 2 aromatic rings.